The van der Waals surface area contributed by atoms with E-state index < -0.39 is 0 Å². The first-order chi connectivity index (χ1) is 6.38. The number of rotatable bonds is 0. The molecule has 1 aliphatic rings. The van der Waals surface area contributed by atoms with Gasteiger partial charge in [0.25, 0.3) is 0 Å². The number of anilines is 1. The molecule has 0 saturated heterocycles. The number of ether oxygens (including phenoxy) is 1. The Morgan fingerprint density at radius 1 is 1.31 bits per heavy atom. The summed E-state index contributed by atoms with van der Waals surface area (Å²) in [6.45, 7) is 1.69. The molecule has 0 spiro atoms. The Morgan fingerprint density at radius 3 is 2.69 bits per heavy atom. The van der Waals surface area contributed by atoms with E-state index in [0.29, 0.717) is 0 Å². The monoisotopic (exact) mass is 180 g/mol. The highest BCUT2D eigenvalue weighted by Crippen LogP contribution is 2.25. The summed E-state index contributed by atoms with van der Waals surface area (Å²) in [4.78, 5) is 0. The van der Waals surface area contributed by atoms with Crippen molar-refractivity contribution in [1.29, 1.82) is 0 Å². The second-order valence-electron chi connectivity index (χ2n) is 2.77. The van der Waals surface area contributed by atoms with Crippen LogP contribution in [0.15, 0.2) is 24.3 Å². The Hall–Kier alpha value is -1.22. The van der Waals surface area contributed by atoms with Gasteiger partial charge in [0.15, 0.2) is 0 Å². The van der Waals surface area contributed by atoms with E-state index in [9.17, 15) is 0 Å². The Kier molecular flexibility index (Phi) is 4.12. The number of hydrogen-bond donors (Lipinski definition) is 2. The summed E-state index contributed by atoms with van der Waals surface area (Å²) in [7, 11) is 3.75. The molecule has 0 atom stereocenters. The van der Waals surface area contributed by atoms with Crippen molar-refractivity contribution in [2.24, 2.45) is 0 Å². The smallest absolute Gasteiger partial charge is 0.142 e. The number of para-hydroxylation sites is 2. The zero-order chi connectivity index (χ0) is 9.52. The molecule has 1 aromatic rings. The molecule has 0 unspecified atom stereocenters. The molecule has 2 N–H and O–H groups in total. The van der Waals surface area contributed by atoms with E-state index in [-0.39, 0.29) is 0 Å². The Balaban J connectivity index is 0.000000251. The van der Waals surface area contributed by atoms with Gasteiger partial charge in [0.2, 0.25) is 0 Å². The standard InChI is InChI=1S/C8H9NO.C2H7N/c1-2-4-8-7(3-1)9-5-6-10-8;1-3-2/h1-4,9H,5-6H2;3H,1-2H3. The van der Waals surface area contributed by atoms with E-state index >= 15 is 0 Å². The largest absolute Gasteiger partial charge is 0.490 e. The molecule has 3 heteroatoms. The molecule has 0 aromatic heterocycles. The second kappa shape index (κ2) is 5.43. The van der Waals surface area contributed by atoms with Crippen molar-refractivity contribution in [2.75, 3.05) is 32.6 Å². The first-order valence-corrected chi connectivity index (χ1v) is 4.42. The van der Waals surface area contributed by atoms with Crippen LogP contribution in [0.5, 0.6) is 5.75 Å². The van der Waals surface area contributed by atoms with Gasteiger partial charge in [-0.25, -0.2) is 0 Å². The molecule has 0 bridgehead atoms. The molecule has 1 heterocycles. The van der Waals surface area contributed by atoms with Crippen LogP contribution in [0.25, 0.3) is 0 Å². The maximum Gasteiger partial charge on any atom is 0.142 e. The van der Waals surface area contributed by atoms with Crippen molar-refractivity contribution in [3.05, 3.63) is 24.3 Å². The van der Waals surface area contributed by atoms with E-state index in [1.54, 1.807) is 0 Å². The Morgan fingerprint density at radius 2 is 2.00 bits per heavy atom. The van der Waals surface area contributed by atoms with Gasteiger partial charge in [0, 0.05) is 6.54 Å². The third-order valence-electron chi connectivity index (χ3n) is 1.56. The van der Waals surface area contributed by atoms with E-state index in [4.69, 9.17) is 4.74 Å². The van der Waals surface area contributed by atoms with Crippen molar-refractivity contribution >= 4 is 5.69 Å². The SMILES string of the molecule is CNC.c1ccc2c(c1)NCCO2. The van der Waals surface area contributed by atoms with Crippen LogP contribution in [0.2, 0.25) is 0 Å². The summed E-state index contributed by atoms with van der Waals surface area (Å²) in [6, 6.07) is 7.97. The van der Waals surface area contributed by atoms with Gasteiger partial charge >= 0.3 is 0 Å². The first-order valence-electron chi connectivity index (χ1n) is 4.42. The summed E-state index contributed by atoms with van der Waals surface area (Å²) in [6.07, 6.45) is 0. The summed E-state index contributed by atoms with van der Waals surface area (Å²) >= 11 is 0. The fourth-order valence-corrected chi connectivity index (χ4v) is 1.09. The third kappa shape index (κ3) is 2.95. The van der Waals surface area contributed by atoms with Crippen LogP contribution < -0.4 is 15.4 Å². The molecule has 0 radical (unpaired) electrons. The van der Waals surface area contributed by atoms with Crippen LogP contribution in [0, 0.1) is 0 Å². The average molecular weight is 180 g/mol. The quantitative estimate of drug-likeness (QED) is 0.632. The summed E-state index contributed by atoms with van der Waals surface area (Å²) in [5, 5.41) is 5.99. The van der Waals surface area contributed by atoms with Crippen LogP contribution in [-0.2, 0) is 0 Å². The van der Waals surface area contributed by atoms with Crippen molar-refractivity contribution in [3.8, 4) is 5.75 Å². The predicted octanol–water partition coefficient (Wildman–Crippen LogP) is 1.33. The van der Waals surface area contributed by atoms with Gasteiger partial charge < -0.3 is 15.4 Å². The molecular formula is C10H16N2O. The van der Waals surface area contributed by atoms with Gasteiger partial charge in [-0.2, -0.15) is 0 Å². The molecule has 1 aliphatic heterocycles. The summed E-state index contributed by atoms with van der Waals surface area (Å²) in [5.74, 6) is 0.966. The Bertz CT molecular complexity index is 225. The van der Waals surface area contributed by atoms with Gasteiger partial charge in [-0.1, -0.05) is 12.1 Å². The highest BCUT2D eigenvalue weighted by Gasteiger charge is 2.05. The first kappa shape index (κ1) is 9.86. The van der Waals surface area contributed by atoms with Crippen LogP contribution in [0.1, 0.15) is 0 Å². The van der Waals surface area contributed by atoms with E-state index in [0.717, 1.165) is 24.6 Å². The molecule has 2 rings (SSSR count). The second-order valence-corrected chi connectivity index (χ2v) is 2.77. The van der Waals surface area contributed by atoms with E-state index in [2.05, 4.69) is 10.6 Å². The maximum absolute atomic E-state index is 5.36. The van der Waals surface area contributed by atoms with Gasteiger partial charge in [0.1, 0.15) is 12.4 Å². The molecule has 0 fully saturated rings. The number of fused-ring (bicyclic) bond motifs is 1. The minimum atomic E-state index is 0.775. The highest BCUT2D eigenvalue weighted by molar-refractivity contribution is 5.57. The zero-order valence-electron chi connectivity index (χ0n) is 8.13. The molecular weight excluding hydrogens is 164 g/mol. The maximum atomic E-state index is 5.36. The third-order valence-corrected chi connectivity index (χ3v) is 1.56. The lowest BCUT2D eigenvalue weighted by molar-refractivity contribution is 0.323. The molecule has 0 saturated carbocycles. The lowest BCUT2D eigenvalue weighted by atomic mass is 10.3. The van der Waals surface area contributed by atoms with Crippen LogP contribution in [-0.4, -0.2) is 27.2 Å². The number of hydrogen-bond acceptors (Lipinski definition) is 3. The highest BCUT2D eigenvalue weighted by atomic mass is 16.5. The summed E-state index contributed by atoms with van der Waals surface area (Å²) in [5.41, 5.74) is 1.11. The topological polar surface area (TPSA) is 33.3 Å². The molecule has 3 nitrogen and oxygen atoms in total. The van der Waals surface area contributed by atoms with Crippen LogP contribution in [0.3, 0.4) is 0 Å². The number of nitrogens with one attached hydrogen (secondary N) is 2. The van der Waals surface area contributed by atoms with Crippen LogP contribution >= 0.6 is 0 Å². The normalized spacial score (nSPS) is 12.8. The fourth-order valence-electron chi connectivity index (χ4n) is 1.09. The zero-order valence-corrected chi connectivity index (χ0v) is 8.13. The van der Waals surface area contributed by atoms with Gasteiger partial charge in [-0.3, -0.25) is 0 Å². The van der Waals surface area contributed by atoms with Crippen molar-refractivity contribution in [2.45, 2.75) is 0 Å². The van der Waals surface area contributed by atoms with E-state index in [1.165, 1.54) is 0 Å². The van der Waals surface area contributed by atoms with Gasteiger partial charge in [-0.05, 0) is 26.2 Å². The summed E-state index contributed by atoms with van der Waals surface area (Å²) < 4.78 is 5.36. The molecule has 1 aromatic carbocycles. The average Bonchev–Trinajstić information content (AvgIpc) is 2.19. The minimum absolute atomic E-state index is 0.775. The lowest BCUT2D eigenvalue weighted by Crippen LogP contribution is -2.17. The van der Waals surface area contributed by atoms with E-state index in [1.807, 2.05) is 38.4 Å². The Labute approximate surface area is 79.1 Å². The predicted molar refractivity (Wildman–Crippen MR) is 55.4 cm³/mol. The van der Waals surface area contributed by atoms with Crippen molar-refractivity contribution in [3.63, 3.8) is 0 Å². The van der Waals surface area contributed by atoms with Crippen molar-refractivity contribution in [1.82, 2.24) is 5.32 Å². The van der Waals surface area contributed by atoms with Gasteiger partial charge in [-0.15, -0.1) is 0 Å². The van der Waals surface area contributed by atoms with Gasteiger partial charge in [0.05, 0.1) is 5.69 Å². The number of benzene rings is 1. The lowest BCUT2D eigenvalue weighted by Gasteiger charge is -2.17. The minimum Gasteiger partial charge on any atom is -0.490 e. The molecule has 0 aliphatic carbocycles. The molecule has 72 valence electrons. The fraction of sp³-hybridized carbons (Fsp3) is 0.400. The van der Waals surface area contributed by atoms with Crippen molar-refractivity contribution < 1.29 is 4.74 Å². The molecule has 13 heavy (non-hydrogen) atoms. The molecule has 0 amide bonds. The van der Waals surface area contributed by atoms with Crippen LogP contribution in [0.4, 0.5) is 5.69 Å².